The van der Waals surface area contributed by atoms with Gasteiger partial charge in [0.25, 0.3) is 0 Å². The van der Waals surface area contributed by atoms with E-state index in [1.807, 2.05) is 0 Å². The fourth-order valence-corrected chi connectivity index (χ4v) is 2.35. The Morgan fingerprint density at radius 2 is 2.00 bits per heavy atom. The highest BCUT2D eigenvalue weighted by molar-refractivity contribution is 5.62. The second kappa shape index (κ2) is 8.72. The van der Waals surface area contributed by atoms with Crippen molar-refractivity contribution in [3.8, 4) is 5.75 Å². The molecule has 0 bridgehead atoms. The number of nitrogens with zero attached hydrogens (tertiary/aromatic N) is 1. The molecule has 1 atom stereocenters. The van der Waals surface area contributed by atoms with Gasteiger partial charge in [0.05, 0.1) is 18.5 Å². The van der Waals surface area contributed by atoms with Crippen molar-refractivity contribution >= 4 is 11.4 Å². The van der Waals surface area contributed by atoms with Crippen LogP contribution in [-0.4, -0.2) is 37.7 Å². The number of nitrogen functional groups attached to an aromatic ring is 1. The smallest absolute Gasteiger partial charge is 0.148 e. The van der Waals surface area contributed by atoms with Gasteiger partial charge in [-0.25, -0.2) is 4.39 Å². The van der Waals surface area contributed by atoms with Crippen LogP contribution in [0, 0.1) is 5.82 Å². The highest BCUT2D eigenvalue weighted by Crippen LogP contribution is 2.28. The molecule has 0 radical (unpaired) electrons. The van der Waals surface area contributed by atoms with E-state index in [1.54, 1.807) is 6.07 Å². The first-order valence-electron chi connectivity index (χ1n) is 7.63. The molecule has 0 saturated heterocycles. The number of halogens is 1. The summed E-state index contributed by atoms with van der Waals surface area (Å²) in [6, 6.07) is 3.11. The Hall–Kier alpha value is -1.49. The molecule has 0 aromatic heterocycles. The third-order valence-corrected chi connectivity index (χ3v) is 3.73. The van der Waals surface area contributed by atoms with Crippen molar-refractivity contribution in [2.75, 3.05) is 37.8 Å². The number of benzene rings is 1. The molecule has 1 aromatic rings. The first-order chi connectivity index (χ1) is 10.0. The molecule has 5 heteroatoms. The number of anilines is 2. The molecular weight excluding hydrogens is 269 g/mol. The van der Waals surface area contributed by atoms with Gasteiger partial charge in [0.1, 0.15) is 11.6 Å². The predicted molar refractivity (Wildman–Crippen MR) is 87.5 cm³/mol. The molecule has 1 aromatic carbocycles. The summed E-state index contributed by atoms with van der Waals surface area (Å²) in [6.07, 6.45) is 2.08. The lowest BCUT2D eigenvalue weighted by atomic mass is 10.1. The van der Waals surface area contributed by atoms with Gasteiger partial charge in [-0.2, -0.15) is 0 Å². The summed E-state index contributed by atoms with van der Waals surface area (Å²) in [4.78, 5) is 2.39. The zero-order valence-corrected chi connectivity index (χ0v) is 13.6. The molecule has 0 fully saturated rings. The molecule has 0 spiro atoms. The SMILES string of the molecule is CCN(CC)CCCC(C)Nc1cc(OC)c(N)cc1F. The largest absolute Gasteiger partial charge is 0.495 e. The molecule has 120 valence electrons. The molecule has 0 amide bonds. The van der Waals surface area contributed by atoms with Gasteiger partial charge in [-0.15, -0.1) is 0 Å². The van der Waals surface area contributed by atoms with E-state index in [0.717, 1.165) is 32.5 Å². The Kier molecular flexibility index (Phi) is 7.29. The van der Waals surface area contributed by atoms with Gasteiger partial charge in [0, 0.05) is 18.2 Å². The van der Waals surface area contributed by atoms with Crippen LogP contribution in [0.5, 0.6) is 5.75 Å². The Morgan fingerprint density at radius 3 is 2.57 bits per heavy atom. The van der Waals surface area contributed by atoms with Crippen LogP contribution < -0.4 is 15.8 Å². The number of nitrogens with one attached hydrogen (secondary N) is 1. The maximum atomic E-state index is 13.9. The van der Waals surface area contributed by atoms with Crippen molar-refractivity contribution in [2.24, 2.45) is 0 Å². The van der Waals surface area contributed by atoms with Crippen LogP contribution >= 0.6 is 0 Å². The fraction of sp³-hybridized carbons (Fsp3) is 0.625. The molecule has 21 heavy (non-hydrogen) atoms. The van der Waals surface area contributed by atoms with Crippen molar-refractivity contribution in [1.29, 1.82) is 0 Å². The standard InChI is InChI=1S/C16H28FN3O/c1-5-20(6-2)9-7-8-12(3)19-15-11-16(21-4)14(18)10-13(15)17/h10-12,19H,5-9,18H2,1-4H3. The maximum Gasteiger partial charge on any atom is 0.148 e. The average molecular weight is 297 g/mol. The monoisotopic (exact) mass is 297 g/mol. The van der Waals surface area contributed by atoms with Crippen molar-refractivity contribution < 1.29 is 9.13 Å². The molecule has 0 saturated carbocycles. The predicted octanol–water partition coefficient (Wildman–Crippen LogP) is 3.34. The third kappa shape index (κ3) is 5.42. The van der Waals surface area contributed by atoms with Gasteiger partial charge in [0.15, 0.2) is 0 Å². The number of ether oxygens (including phenoxy) is 1. The van der Waals surface area contributed by atoms with Crippen LogP contribution in [0.4, 0.5) is 15.8 Å². The van der Waals surface area contributed by atoms with Crippen LogP contribution in [0.1, 0.15) is 33.6 Å². The molecule has 1 rings (SSSR count). The second-order valence-electron chi connectivity index (χ2n) is 5.29. The normalized spacial score (nSPS) is 12.5. The van der Waals surface area contributed by atoms with E-state index >= 15 is 0 Å². The second-order valence-corrected chi connectivity index (χ2v) is 5.29. The lowest BCUT2D eigenvalue weighted by molar-refractivity contribution is 0.295. The molecule has 3 N–H and O–H groups in total. The van der Waals surface area contributed by atoms with Gasteiger partial charge in [-0.3, -0.25) is 0 Å². The number of methoxy groups -OCH3 is 1. The average Bonchev–Trinajstić information content (AvgIpc) is 2.46. The lowest BCUT2D eigenvalue weighted by Crippen LogP contribution is -2.25. The number of rotatable bonds is 9. The van der Waals surface area contributed by atoms with Crippen molar-refractivity contribution in [3.05, 3.63) is 17.9 Å². The summed E-state index contributed by atoms with van der Waals surface area (Å²) >= 11 is 0. The van der Waals surface area contributed by atoms with Gasteiger partial charge in [0.2, 0.25) is 0 Å². The Labute approximate surface area is 127 Å². The van der Waals surface area contributed by atoms with Crippen molar-refractivity contribution in [2.45, 2.75) is 39.7 Å². The van der Waals surface area contributed by atoms with Crippen LogP contribution in [0.2, 0.25) is 0 Å². The highest BCUT2D eigenvalue weighted by Gasteiger charge is 2.11. The molecule has 0 aliphatic heterocycles. The molecule has 4 nitrogen and oxygen atoms in total. The summed E-state index contributed by atoms with van der Waals surface area (Å²) in [5, 5.41) is 3.19. The summed E-state index contributed by atoms with van der Waals surface area (Å²) in [6.45, 7) is 9.61. The molecule has 0 aliphatic carbocycles. The van der Waals surface area contributed by atoms with E-state index in [0.29, 0.717) is 17.1 Å². The number of hydrogen-bond acceptors (Lipinski definition) is 4. The summed E-state index contributed by atoms with van der Waals surface area (Å²) in [7, 11) is 1.53. The minimum Gasteiger partial charge on any atom is -0.495 e. The van der Waals surface area contributed by atoms with Crippen LogP contribution in [0.25, 0.3) is 0 Å². The Bertz CT molecular complexity index is 436. The maximum absolute atomic E-state index is 13.9. The Balaban J connectivity index is 2.53. The topological polar surface area (TPSA) is 50.5 Å². The minimum atomic E-state index is -0.344. The number of nitrogens with two attached hydrogens (primary N) is 1. The van der Waals surface area contributed by atoms with Crippen LogP contribution in [0.3, 0.4) is 0 Å². The quantitative estimate of drug-likeness (QED) is 0.686. The van der Waals surface area contributed by atoms with Gasteiger partial charge < -0.3 is 20.7 Å². The van der Waals surface area contributed by atoms with E-state index in [1.165, 1.54) is 13.2 Å². The first-order valence-corrected chi connectivity index (χ1v) is 7.63. The molecule has 0 aliphatic rings. The zero-order chi connectivity index (χ0) is 15.8. The summed E-state index contributed by atoms with van der Waals surface area (Å²) in [5.41, 5.74) is 6.43. The van der Waals surface area contributed by atoms with Crippen LogP contribution in [-0.2, 0) is 0 Å². The fourth-order valence-electron chi connectivity index (χ4n) is 2.35. The van der Waals surface area contributed by atoms with Crippen LogP contribution in [0.15, 0.2) is 12.1 Å². The number of hydrogen-bond donors (Lipinski definition) is 2. The summed E-state index contributed by atoms with van der Waals surface area (Å²) in [5.74, 6) is 0.151. The highest BCUT2D eigenvalue weighted by atomic mass is 19.1. The first kappa shape index (κ1) is 17.6. The molecule has 1 unspecified atom stereocenters. The van der Waals surface area contributed by atoms with E-state index in [9.17, 15) is 4.39 Å². The lowest BCUT2D eigenvalue weighted by Gasteiger charge is -2.21. The molecular formula is C16H28FN3O. The van der Waals surface area contributed by atoms with Crippen molar-refractivity contribution in [3.63, 3.8) is 0 Å². The Morgan fingerprint density at radius 1 is 1.33 bits per heavy atom. The third-order valence-electron chi connectivity index (χ3n) is 3.73. The summed E-state index contributed by atoms with van der Waals surface area (Å²) < 4.78 is 19.0. The zero-order valence-electron chi connectivity index (χ0n) is 13.6. The van der Waals surface area contributed by atoms with Crippen molar-refractivity contribution in [1.82, 2.24) is 4.90 Å². The van der Waals surface area contributed by atoms with Gasteiger partial charge in [-0.05, 0) is 39.4 Å². The molecule has 0 heterocycles. The van der Waals surface area contributed by atoms with Gasteiger partial charge >= 0.3 is 0 Å². The van der Waals surface area contributed by atoms with Gasteiger partial charge in [-0.1, -0.05) is 13.8 Å². The van der Waals surface area contributed by atoms with E-state index in [2.05, 4.69) is 31.0 Å². The van der Waals surface area contributed by atoms with E-state index < -0.39 is 0 Å². The van der Waals surface area contributed by atoms with E-state index in [-0.39, 0.29) is 11.9 Å². The minimum absolute atomic E-state index is 0.198. The van der Waals surface area contributed by atoms with E-state index in [4.69, 9.17) is 10.5 Å².